The first-order chi connectivity index (χ1) is 37.8. The highest BCUT2D eigenvalue weighted by Crippen LogP contribution is 2.23. The van der Waals surface area contributed by atoms with Gasteiger partial charge in [-0.25, -0.2) is 19.2 Å². The average molecular weight is 1180 g/mol. The fourth-order valence-corrected chi connectivity index (χ4v) is 6.98. The fraction of sp³-hybridized carbons (Fsp3) is 0.645. The molecule has 84 heavy (non-hydrogen) atoms. The van der Waals surface area contributed by atoms with Crippen LogP contribution in [-0.2, 0) is 70.0 Å². The Morgan fingerprint density at radius 1 is 0.345 bits per heavy atom. The average Bonchev–Trinajstić information content (AvgIpc) is 3.36. The number of ether oxygens (including phenoxy) is 8. The van der Waals surface area contributed by atoms with Crippen LogP contribution in [0.4, 0.5) is 9.59 Å². The number of hydrogen-bond donors (Lipinski definition) is 6. The summed E-state index contributed by atoms with van der Waals surface area (Å²) in [4.78, 5) is 117. The molecule has 0 radical (unpaired) electrons. The molecule has 0 saturated carbocycles. The summed E-state index contributed by atoms with van der Waals surface area (Å²) in [6.07, 6.45) is -2.63. The summed E-state index contributed by atoms with van der Waals surface area (Å²) in [6, 6.07) is 6.71. The van der Waals surface area contributed by atoms with Crippen LogP contribution in [0, 0.1) is 0 Å². The molecule has 4 atom stereocenters. The van der Waals surface area contributed by atoms with Crippen LogP contribution < -0.4 is 41.4 Å². The first-order valence-electron chi connectivity index (χ1n) is 28.1. The molecule has 6 N–H and O–H groups in total. The van der Waals surface area contributed by atoms with Crippen LogP contribution >= 0.6 is 0 Å². The number of rotatable bonds is 22. The molecule has 2 aromatic carbocycles. The topological polar surface area (TPSA) is 283 Å². The minimum Gasteiger partial charge on any atom is -0.488 e. The van der Waals surface area contributed by atoms with E-state index >= 15 is 19.2 Å². The number of hydrogen-bond acceptors (Lipinski definition) is 16. The van der Waals surface area contributed by atoms with E-state index in [2.05, 4.69) is 31.9 Å². The van der Waals surface area contributed by atoms with Crippen molar-refractivity contribution in [2.75, 3.05) is 13.2 Å². The molecule has 0 bridgehead atoms. The summed E-state index contributed by atoms with van der Waals surface area (Å²) in [6.45, 7) is 39.7. The van der Waals surface area contributed by atoms with Crippen LogP contribution in [0.2, 0.25) is 0 Å². The van der Waals surface area contributed by atoms with E-state index in [0.717, 1.165) is 0 Å². The monoisotopic (exact) mass is 1180 g/mol. The highest BCUT2D eigenvalue weighted by molar-refractivity contribution is 6.10. The molecular formula is C62H98N6O16. The number of benzene rings is 2. The van der Waals surface area contributed by atoms with Crippen molar-refractivity contribution in [3.05, 3.63) is 71.1 Å². The van der Waals surface area contributed by atoms with Gasteiger partial charge in [0.15, 0.2) is 12.1 Å². The van der Waals surface area contributed by atoms with Gasteiger partial charge < -0.3 is 69.8 Å². The predicted octanol–water partition coefficient (Wildman–Crippen LogP) is 8.34. The molecule has 0 aliphatic rings. The molecule has 0 unspecified atom stereocenters. The second kappa shape index (κ2) is 29.2. The third kappa shape index (κ3) is 31.1. The Balaban J connectivity index is 3.25. The van der Waals surface area contributed by atoms with Crippen molar-refractivity contribution < 1.29 is 76.3 Å². The van der Waals surface area contributed by atoms with Crippen LogP contribution in [0.25, 0.3) is 0 Å². The lowest BCUT2D eigenvalue weighted by molar-refractivity contribution is -0.162. The standard InChI is InChI=1S/C62H98N6O16/c1-55(2,3)77-35-43(51(73)81-59(13,14)15)63-49(71)45(67-47(69)41(65-53(75)83-61(19,20)21)33-37-25-29-39(30-26-37)79-57(7,8)9)46(50(72)64-44(36-78-56(4,5)6)52(74)82-60(16,17)18)68-48(70)42(66-54(76)84-62(22,23)24)34-38-27-31-40(32-28-38)80-58(10,11)12/h25-32,41-44H,33-36H2,1-24H3,(H,63,71)(H,64,72)(H,65,75)(H,66,76)(H,67,69)(H,68,70)/b46-45-/t41-,42-,43-,44-/m0/s1. The van der Waals surface area contributed by atoms with Crippen molar-refractivity contribution in [2.24, 2.45) is 0 Å². The quantitative estimate of drug-likeness (QED) is 0.0367. The van der Waals surface area contributed by atoms with E-state index in [-0.39, 0.29) is 12.8 Å². The lowest BCUT2D eigenvalue weighted by Crippen LogP contribution is -2.56. The van der Waals surface area contributed by atoms with Gasteiger partial charge in [-0.1, -0.05) is 24.3 Å². The highest BCUT2D eigenvalue weighted by Gasteiger charge is 2.38. The zero-order valence-electron chi connectivity index (χ0n) is 54.3. The normalized spacial score (nSPS) is 14.4. The Morgan fingerprint density at radius 2 is 0.619 bits per heavy atom. The molecule has 22 heteroatoms. The smallest absolute Gasteiger partial charge is 0.408 e. The Labute approximate surface area is 498 Å². The number of esters is 2. The zero-order chi connectivity index (χ0) is 64.8. The van der Waals surface area contributed by atoms with Crippen LogP contribution in [0.15, 0.2) is 59.9 Å². The summed E-state index contributed by atoms with van der Waals surface area (Å²) in [5.74, 6) is -6.05. The van der Waals surface area contributed by atoms with Gasteiger partial charge in [0.1, 0.15) is 68.6 Å². The molecule has 0 aromatic heterocycles. The van der Waals surface area contributed by atoms with E-state index in [0.29, 0.717) is 22.6 Å². The van der Waals surface area contributed by atoms with E-state index in [9.17, 15) is 19.2 Å². The number of carbonyl (C=O) groups is 8. The van der Waals surface area contributed by atoms with E-state index in [4.69, 9.17) is 37.9 Å². The molecule has 0 aliphatic heterocycles. The Bertz CT molecular complexity index is 2430. The van der Waals surface area contributed by atoms with Gasteiger partial charge >= 0.3 is 24.1 Å². The van der Waals surface area contributed by atoms with Gasteiger partial charge in [-0.05, 0) is 202 Å². The molecule has 0 saturated heterocycles. The number of nitrogens with one attached hydrogen (secondary N) is 6. The Morgan fingerprint density at radius 3 is 0.857 bits per heavy atom. The molecule has 2 rings (SSSR count). The molecule has 6 amide bonds. The summed E-state index contributed by atoms with van der Waals surface area (Å²) < 4.78 is 46.5. The first-order valence-corrected chi connectivity index (χ1v) is 28.1. The van der Waals surface area contributed by atoms with Crippen molar-refractivity contribution >= 4 is 47.8 Å². The lowest BCUT2D eigenvalue weighted by atomic mass is 10.0. The summed E-state index contributed by atoms with van der Waals surface area (Å²) in [7, 11) is 0. The highest BCUT2D eigenvalue weighted by atomic mass is 16.6. The van der Waals surface area contributed by atoms with Gasteiger partial charge in [-0.15, -0.1) is 0 Å². The molecule has 2 aromatic rings. The maximum absolute atomic E-state index is 15.4. The summed E-state index contributed by atoms with van der Waals surface area (Å²) in [5, 5.41) is 15.1. The van der Waals surface area contributed by atoms with E-state index in [1.165, 1.54) is 0 Å². The minimum absolute atomic E-state index is 0.268. The number of carbonyl (C=O) groups excluding carboxylic acids is 8. The van der Waals surface area contributed by atoms with Gasteiger partial charge in [-0.3, -0.25) is 19.2 Å². The molecule has 0 heterocycles. The Kier molecular flexibility index (Phi) is 25.5. The van der Waals surface area contributed by atoms with Crippen molar-refractivity contribution in [2.45, 2.75) is 248 Å². The van der Waals surface area contributed by atoms with Gasteiger partial charge in [0.25, 0.3) is 11.8 Å². The molecule has 472 valence electrons. The van der Waals surface area contributed by atoms with Crippen LogP contribution in [0.5, 0.6) is 11.5 Å². The zero-order valence-corrected chi connectivity index (χ0v) is 54.3. The SMILES string of the molecule is CC(C)(C)OC[C@H](NC(=O)/C(NC(=O)[C@H](Cc1ccc(OC(C)(C)C)cc1)NC(=O)OC(C)(C)C)=C(/NC(=O)[C@H](Cc1ccc(OC(C)(C)C)cc1)NC(=O)OC(C)(C)C)C(=O)N[C@@H](COC(C)(C)C)C(=O)OC(C)(C)C)C(=O)OC(C)(C)C. The van der Waals surface area contributed by atoms with E-state index < -0.39 is 141 Å². The summed E-state index contributed by atoms with van der Waals surface area (Å²) in [5.41, 5.74) is -8.33. The van der Waals surface area contributed by atoms with E-state index in [1.807, 2.05) is 41.5 Å². The summed E-state index contributed by atoms with van der Waals surface area (Å²) >= 11 is 0. The van der Waals surface area contributed by atoms with Crippen LogP contribution in [-0.4, -0.2) is 130 Å². The Hall–Kier alpha value is -6.94. The van der Waals surface area contributed by atoms with E-state index in [1.54, 1.807) is 173 Å². The third-order valence-corrected chi connectivity index (χ3v) is 10.1. The van der Waals surface area contributed by atoms with Gasteiger partial charge in [0.2, 0.25) is 11.8 Å². The maximum atomic E-state index is 15.4. The largest absolute Gasteiger partial charge is 0.488 e. The maximum Gasteiger partial charge on any atom is 0.408 e. The lowest BCUT2D eigenvalue weighted by Gasteiger charge is -2.29. The van der Waals surface area contributed by atoms with Gasteiger partial charge in [0.05, 0.1) is 24.4 Å². The van der Waals surface area contributed by atoms with Crippen molar-refractivity contribution in [3.8, 4) is 11.5 Å². The first kappa shape index (κ1) is 73.2. The van der Waals surface area contributed by atoms with Gasteiger partial charge in [0, 0.05) is 12.8 Å². The van der Waals surface area contributed by atoms with Crippen LogP contribution in [0.3, 0.4) is 0 Å². The molecule has 0 fully saturated rings. The molecule has 0 aliphatic carbocycles. The molecular weight excluding hydrogens is 1080 g/mol. The minimum atomic E-state index is -1.66. The van der Waals surface area contributed by atoms with Gasteiger partial charge in [-0.2, -0.15) is 0 Å². The fourth-order valence-electron chi connectivity index (χ4n) is 6.98. The predicted molar refractivity (Wildman–Crippen MR) is 318 cm³/mol. The second-order valence-corrected chi connectivity index (χ2v) is 28.2. The third-order valence-electron chi connectivity index (χ3n) is 10.1. The van der Waals surface area contributed by atoms with Crippen LogP contribution in [0.1, 0.15) is 177 Å². The second-order valence-electron chi connectivity index (χ2n) is 28.2. The molecule has 22 nitrogen and oxygen atoms in total. The van der Waals surface area contributed by atoms with Crippen molar-refractivity contribution in [3.63, 3.8) is 0 Å². The molecule has 0 spiro atoms. The van der Waals surface area contributed by atoms with Crippen molar-refractivity contribution in [1.29, 1.82) is 0 Å². The van der Waals surface area contributed by atoms with Crippen molar-refractivity contribution in [1.82, 2.24) is 31.9 Å². The number of amides is 6. The number of alkyl carbamates (subject to hydrolysis) is 2.